The lowest BCUT2D eigenvalue weighted by Gasteiger charge is -2.33. The summed E-state index contributed by atoms with van der Waals surface area (Å²) < 4.78 is 39.2. The van der Waals surface area contributed by atoms with Gasteiger partial charge in [0, 0.05) is 11.4 Å². The minimum Gasteiger partial charge on any atom is -0.374 e. The molecule has 0 fully saturated rings. The minimum absolute atomic E-state index is 0.378. The number of rotatable bonds is 2. The summed E-state index contributed by atoms with van der Waals surface area (Å²) in [5.41, 5.74) is 2.05. The van der Waals surface area contributed by atoms with Gasteiger partial charge in [0.05, 0.1) is 11.2 Å². The maximum Gasteiger partial charge on any atom is 0.424 e. The van der Waals surface area contributed by atoms with Crippen LogP contribution >= 0.6 is 0 Å². The maximum atomic E-state index is 13.1. The first-order valence-electron chi connectivity index (χ1n) is 5.68. The number of pyridine rings is 1. The largest absolute Gasteiger partial charge is 0.424 e. The Morgan fingerprint density at radius 1 is 1.16 bits per heavy atom. The summed E-state index contributed by atoms with van der Waals surface area (Å²) in [6, 6.07) is 7.83. The predicted molar refractivity (Wildman–Crippen MR) is 65.3 cm³/mol. The van der Waals surface area contributed by atoms with Crippen molar-refractivity contribution in [3.63, 3.8) is 0 Å². The Kier molecular flexibility index (Phi) is 3.24. The van der Waals surface area contributed by atoms with Gasteiger partial charge in [0.2, 0.25) is 5.60 Å². The number of hydrogen-bond acceptors (Lipinski definition) is 3. The summed E-state index contributed by atoms with van der Waals surface area (Å²) in [5.74, 6) is 0. The van der Waals surface area contributed by atoms with Gasteiger partial charge >= 0.3 is 6.18 Å². The molecule has 6 heteroatoms. The van der Waals surface area contributed by atoms with Crippen LogP contribution < -0.4 is 5.73 Å². The Labute approximate surface area is 107 Å². The van der Waals surface area contributed by atoms with Crippen molar-refractivity contribution >= 4 is 10.9 Å². The van der Waals surface area contributed by atoms with E-state index in [1.54, 1.807) is 24.3 Å². The highest BCUT2D eigenvalue weighted by molar-refractivity contribution is 5.78. The SMILES string of the molecule is CC(N)C(O)(c1ccc2ccccc2n1)C(F)(F)F. The molecule has 3 N–H and O–H groups in total. The molecular weight excluding hydrogens is 257 g/mol. The van der Waals surface area contributed by atoms with Gasteiger partial charge in [-0.05, 0) is 19.1 Å². The van der Waals surface area contributed by atoms with Crippen LogP contribution in [0.15, 0.2) is 36.4 Å². The predicted octanol–water partition coefficient (Wildman–Crippen LogP) is 2.33. The number of aromatic nitrogens is 1. The zero-order valence-corrected chi connectivity index (χ0v) is 10.1. The van der Waals surface area contributed by atoms with E-state index in [4.69, 9.17) is 5.73 Å². The molecule has 0 aliphatic carbocycles. The quantitative estimate of drug-likeness (QED) is 0.880. The van der Waals surface area contributed by atoms with E-state index in [1.807, 2.05) is 0 Å². The molecule has 1 aromatic carbocycles. The fraction of sp³-hybridized carbons (Fsp3) is 0.308. The van der Waals surface area contributed by atoms with Gasteiger partial charge in [0.25, 0.3) is 0 Å². The number of halogens is 3. The van der Waals surface area contributed by atoms with Crippen molar-refractivity contribution in [2.24, 2.45) is 5.73 Å². The molecule has 0 amide bonds. The summed E-state index contributed by atoms with van der Waals surface area (Å²) >= 11 is 0. The molecule has 0 spiro atoms. The van der Waals surface area contributed by atoms with Crippen LogP contribution in [0.4, 0.5) is 13.2 Å². The van der Waals surface area contributed by atoms with E-state index in [9.17, 15) is 18.3 Å². The summed E-state index contributed by atoms with van der Waals surface area (Å²) in [4.78, 5) is 3.89. The first kappa shape index (κ1) is 13.8. The molecule has 2 atom stereocenters. The second-order valence-electron chi connectivity index (χ2n) is 4.44. The molecule has 1 aromatic heterocycles. The molecule has 2 aromatic rings. The highest BCUT2D eigenvalue weighted by Crippen LogP contribution is 2.40. The summed E-state index contributed by atoms with van der Waals surface area (Å²) in [7, 11) is 0. The fourth-order valence-electron chi connectivity index (χ4n) is 1.91. The molecular formula is C13H13F3N2O. The van der Waals surface area contributed by atoms with Crippen LogP contribution in [0.1, 0.15) is 12.6 Å². The normalized spacial score (nSPS) is 17.2. The van der Waals surface area contributed by atoms with E-state index in [2.05, 4.69) is 4.98 Å². The molecule has 1 heterocycles. The van der Waals surface area contributed by atoms with Crippen molar-refractivity contribution < 1.29 is 18.3 Å². The second kappa shape index (κ2) is 4.47. The lowest BCUT2D eigenvalue weighted by atomic mass is 9.90. The molecule has 2 rings (SSSR count). The lowest BCUT2D eigenvalue weighted by Crippen LogP contribution is -2.54. The van der Waals surface area contributed by atoms with Gasteiger partial charge in [0.1, 0.15) is 0 Å². The Balaban J connectivity index is 2.64. The summed E-state index contributed by atoms with van der Waals surface area (Å²) in [5, 5.41) is 10.6. The number of nitrogens with zero attached hydrogens (tertiary/aromatic N) is 1. The van der Waals surface area contributed by atoms with Crippen molar-refractivity contribution in [2.75, 3.05) is 0 Å². The van der Waals surface area contributed by atoms with Gasteiger partial charge < -0.3 is 10.8 Å². The molecule has 0 saturated heterocycles. The highest BCUT2D eigenvalue weighted by Gasteiger charge is 2.58. The monoisotopic (exact) mass is 270 g/mol. The molecule has 102 valence electrons. The average Bonchev–Trinajstić information content (AvgIpc) is 2.35. The van der Waals surface area contributed by atoms with E-state index in [0.717, 1.165) is 13.0 Å². The van der Waals surface area contributed by atoms with Crippen molar-refractivity contribution in [2.45, 2.75) is 24.7 Å². The van der Waals surface area contributed by atoms with Crippen molar-refractivity contribution in [1.29, 1.82) is 0 Å². The van der Waals surface area contributed by atoms with Crippen molar-refractivity contribution in [1.82, 2.24) is 4.98 Å². The number of nitrogens with two attached hydrogens (primary N) is 1. The third-order valence-corrected chi connectivity index (χ3v) is 3.08. The molecule has 0 bridgehead atoms. The van der Waals surface area contributed by atoms with E-state index >= 15 is 0 Å². The van der Waals surface area contributed by atoms with Crippen molar-refractivity contribution in [3.05, 3.63) is 42.1 Å². The van der Waals surface area contributed by atoms with Gasteiger partial charge in [-0.1, -0.05) is 24.3 Å². The van der Waals surface area contributed by atoms with Gasteiger partial charge in [0.15, 0.2) is 0 Å². The topological polar surface area (TPSA) is 59.1 Å². The zero-order valence-electron chi connectivity index (χ0n) is 10.1. The van der Waals surface area contributed by atoms with Crippen LogP contribution in [-0.2, 0) is 5.60 Å². The molecule has 19 heavy (non-hydrogen) atoms. The molecule has 0 aliphatic heterocycles. The van der Waals surface area contributed by atoms with Crippen LogP contribution in [0.3, 0.4) is 0 Å². The standard InChI is InChI=1S/C13H13F3N2O/c1-8(17)12(19,13(14,15)16)11-7-6-9-4-2-3-5-10(9)18-11/h2-8,19H,17H2,1H3. The Bertz CT molecular complexity index is 598. The van der Waals surface area contributed by atoms with Gasteiger partial charge in [-0.2, -0.15) is 13.2 Å². The Morgan fingerprint density at radius 3 is 2.37 bits per heavy atom. The number of alkyl halides is 3. The minimum atomic E-state index is -4.89. The first-order chi connectivity index (χ1) is 8.76. The Hall–Kier alpha value is -1.66. The summed E-state index contributed by atoms with van der Waals surface area (Å²) in [6.45, 7) is 1.10. The highest BCUT2D eigenvalue weighted by atomic mass is 19.4. The number of hydrogen-bond donors (Lipinski definition) is 2. The number of para-hydroxylation sites is 1. The van der Waals surface area contributed by atoms with Crippen LogP contribution in [0.25, 0.3) is 10.9 Å². The smallest absolute Gasteiger partial charge is 0.374 e. The summed E-state index contributed by atoms with van der Waals surface area (Å²) in [6.07, 6.45) is -4.89. The number of benzene rings is 1. The zero-order chi connectivity index (χ0) is 14.3. The second-order valence-corrected chi connectivity index (χ2v) is 4.44. The fourth-order valence-corrected chi connectivity index (χ4v) is 1.91. The molecule has 2 unspecified atom stereocenters. The Morgan fingerprint density at radius 2 is 1.79 bits per heavy atom. The number of aliphatic hydroxyl groups is 1. The van der Waals surface area contributed by atoms with E-state index < -0.39 is 23.5 Å². The van der Waals surface area contributed by atoms with Crippen LogP contribution in [0.2, 0.25) is 0 Å². The van der Waals surface area contributed by atoms with Crippen LogP contribution in [0.5, 0.6) is 0 Å². The van der Waals surface area contributed by atoms with Crippen LogP contribution in [-0.4, -0.2) is 22.3 Å². The van der Waals surface area contributed by atoms with E-state index in [-0.39, 0.29) is 0 Å². The van der Waals surface area contributed by atoms with Gasteiger partial charge in [-0.3, -0.25) is 0 Å². The first-order valence-corrected chi connectivity index (χ1v) is 5.68. The van der Waals surface area contributed by atoms with Gasteiger partial charge in [-0.25, -0.2) is 4.98 Å². The van der Waals surface area contributed by atoms with E-state index in [0.29, 0.717) is 10.9 Å². The van der Waals surface area contributed by atoms with Gasteiger partial charge in [-0.15, -0.1) is 0 Å². The molecule has 0 aliphatic rings. The average molecular weight is 270 g/mol. The molecule has 3 nitrogen and oxygen atoms in total. The molecule has 0 radical (unpaired) electrons. The van der Waals surface area contributed by atoms with Crippen LogP contribution in [0, 0.1) is 0 Å². The maximum absolute atomic E-state index is 13.1. The lowest BCUT2D eigenvalue weighted by molar-refractivity contribution is -0.274. The third-order valence-electron chi connectivity index (χ3n) is 3.08. The number of fused-ring (bicyclic) bond motifs is 1. The molecule has 0 saturated carbocycles. The van der Waals surface area contributed by atoms with Crippen molar-refractivity contribution in [3.8, 4) is 0 Å². The third kappa shape index (κ3) is 2.17. The van der Waals surface area contributed by atoms with E-state index in [1.165, 1.54) is 6.07 Å².